The fourth-order valence-corrected chi connectivity index (χ4v) is 2.39. The number of rotatable bonds is 1. The van der Waals surface area contributed by atoms with Gasteiger partial charge < -0.3 is 4.42 Å². The molecule has 90 valence electrons. The van der Waals surface area contributed by atoms with E-state index in [0.717, 1.165) is 5.76 Å². The Bertz CT molecular complexity index is 640. The van der Waals surface area contributed by atoms with Crippen molar-refractivity contribution in [2.75, 3.05) is 0 Å². The van der Waals surface area contributed by atoms with Gasteiger partial charge in [-0.2, -0.15) is 5.10 Å². The lowest BCUT2D eigenvalue weighted by atomic mass is 10.1. The van der Waals surface area contributed by atoms with Gasteiger partial charge in [-0.3, -0.25) is 10.2 Å². The lowest BCUT2D eigenvalue weighted by Crippen LogP contribution is -2.30. The molecule has 1 aromatic heterocycles. The van der Waals surface area contributed by atoms with Gasteiger partial charge >= 0.3 is 0 Å². The Morgan fingerprint density at radius 3 is 3.06 bits per heavy atom. The molecule has 0 saturated carbocycles. The predicted molar refractivity (Wildman–Crippen MR) is 70.2 cm³/mol. The summed E-state index contributed by atoms with van der Waals surface area (Å²) in [4.78, 5) is 11.9. The molecule has 1 N–H and O–H groups in total. The van der Waals surface area contributed by atoms with Gasteiger partial charge in [0.1, 0.15) is 16.5 Å². The number of nitrogens with one attached hydrogen (secondary N) is 1. The van der Waals surface area contributed by atoms with Crippen LogP contribution in [0, 0.1) is 12.3 Å². The number of hydrogen-bond donors (Lipinski definition) is 1. The quantitative estimate of drug-likeness (QED) is 0.786. The predicted octanol–water partition coefficient (Wildman–Crippen LogP) is 2.36. The number of carbonyl (C=O) groups is 1. The molecule has 0 radical (unpaired) electrons. The normalized spacial score (nSPS) is 20.6. The van der Waals surface area contributed by atoms with Gasteiger partial charge in [0.25, 0.3) is 0 Å². The fourth-order valence-electron chi connectivity index (χ4n) is 1.73. The molecule has 0 saturated heterocycles. The molecule has 0 bridgehead atoms. The van der Waals surface area contributed by atoms with Crippen LogP contribution >= 0.6 is 11.8 Å². The zero-order chi connectivity index (χ0) is 12.7. The van der Waals surface area contributed by atoms with E-state index in [1.165, 1.54) is 22.8 Å². The number of furan rings is 1. The first-order valence-corrected chi connectivity index (χ1v) is 6.15. The Morgan fingerprint density at radius 2 is 2.33 bits per heavy atom. The Labute approximate surface area is 107 Å². The number of nitrogens with zero attached hydrogens (tertiary/aromatic N) is 2. The number of fused-ring (bicyclic) bond motifs is 1. The highest BCUT2D eigenvalue weighted by Gasteiger charge is 2.30. The van der Waals surface area contributed by atoms with Crippen LogP contribution in [0.1, 0.15) is 11.5 Å². The minimum atomic E-state index is -0.196. The van der Waals surface area contributed by atoms with Crippen LogP contribution < -0.4 is 0 Å². The first-order chi connectivity index (χ1) is 8.65. The van der Waals surface area contributed by atoms with Crippen LogP contribution in [0.4, 0.5) is 0 Å². The van der Waals surface area contributed by atoms with E-state index >= 15 is 0 Å². The standard InChI is InChI=1S/C12H9N3O2S/c1-7-2-3-8(17-7)4-9-10(16)5-11-15(12(9)13)14-6-18-11/h2-6,13H,1H3/b9-4-,13-12?. The average Bonchev–Trinajstić information content (AvgIpc) is 2.93. The Kier molecular flexibility index (Phi) is 2.45. The van der Waals surface area contributed by atoms with Crippen LogP contribution in [-0.2, 0) is 4.79 Å². The first-order valence-electron chi connectivity index (χ1n) is 5.27. The maximum absolute atomic E-state index is 11.9. The molecule has 3 rings (SSSR count). The molecule has 0 unspecified atom stereocenters. The van der Waals surface area contributed by atoms with Crippen molar-refractivity contribution in [3.8, 4) is 0 Å². The van der Waals surface area contributed by atoms with Crippen LogP contribution in [0.5, 0.6) is 0 Å². The fraction of sp³-hybridized carbons (Fsp3) is 0.0833. The molecule has 0 fully saturated rings. The van der Waals surface area contributed by atoms with E-state index < -0.39 is 0 Å². The highest BCUT2D eigenvalue weighted by Crippen LogP contribution is 2.31. The summed E-state index contributed by atoms with van der Waals surface area (Å²) in [5.74, 6) is 1.21. The maximum atomic E-state index is 11.9. The molecule has 3 heterocycles. The Hall–Kier alpha value is -2.08. The molecule has 18 heavy (non-hydrogen) atoms. The van der Waals surface area contributed by atoms with Crippen LogP contribution in [0.2, 0.25) is 0 Å². The highest BCUT2D eigenvalue weighted by atomic mass is 32.2. The van der Waals surface area contributed by atoms with Gasteiger partial charge in [-0.05, 0) is 25.1 Å². The van der Waals surface area contributed by atoms with Crippen molar-refractivity contribution in [2.45, 2.75) is 6.92 Å². The van der Waals surface area contributed by atoms with Crippen molar-refractivity contribution in [2.24, 2.45) is 5.10 Å². The van der Waals surface area contributed by atoms with Crippen LogP contribution in [0.3, 0.4) is 0 Å². The van der Waals surface area contributed by atoms with Crippen molar-refractivity contribution >= 4 is 35.0 Å². The minimum absolute atomic E-state index is 0.0767. The van der Waals surface area contributed by atoms with Gasteiger partial charge in [-0.15, -0.1) is 0 Å². The van der Waals surface area contributed by atoms with Crippen molar-refractivity contribution in [1.29, 1.82) is 5.41 Å². The molecular weight excluding hydrogens is 250 g/mol. The van der Waals surface area contributed by atoms with Crippen LogP contribution in [0.15, 0.2) is 38.3 Å². The second kappa shape index (κ2) is 3.99. The molecule has 0 spiro atoms. The zero-order valence-electron chi connectivity index (χ0n) is 9.51. The van der Waals surface area contributed by atoms with Crippen molar-refractivity contribution < 1.29 is 9.21 Å². The molecule has 1 aromatic rings. The average molecular weight is 259 g/mol. The monoisotopic (exact) mass is 259 g/mol. The second-order valence-electron chi connectivity index (χ2n) is 3.85. The molecule has 0 aliphatic carbocycles. The summed E-state index contributed by atoms with van der Waals surface area (Å²) in [7, 11) is 0. The van der Waals surface area contributed by atoms with E-state index in [1.807, 2.05) is 13.0 Å². The number of carbonyl (C=O) groups excluding carboxylic acids is 1. The topological polar surface area (TPSA) is 69.7 Å². The van der Waals surface area contributed by atoms with E-state index in [2.05, 4.69) is 5.10 Å². The lowest BCUT2D eigenvalue weighted by molar-refractivity contribution is -0.111. The smallest absolute Gasteiger partial charge is 0.192 e. The van der Waals surface area contributed by atoms with Crippen molar-refractivity contribution in [1.82, 2.24) is 5.01 Å². The van der Waals surface area contributed by atoms with Crippen LogP contribution in [-0.4, -0.2) is 22.2 Å². The Morgan fingerprint density at radius 1 is 1.50 bits per heavy atom. The van der Waals surface area contributed by atoms with E-state index in [4.69, 9.17) is 9.83 Å². The third-order valence-electron chi connectivity index (χ3n) is 2.58. The number of thioether (sulfide) groups is 1. The number of hydrazone groups is 1. The van der Waals surface area contributed by atoms with Gasteiger partial charge in [0.15, 0.2) is 11.6 Å². The molecule has 0 aromatic carbocycles. The molecular formula is C12H9N3O2S. The van der Waals surface area contributed by atoms with Gasteiger partial charge in [0.2, 0.25) is 0 Å². The largest absolute Gasteiger partial charge is 0.462 e. The van der Waals surface area contributed by atoms with Crippen molar-refractivity contribution in [3.63, 3.8) is 0 Å². The molecule has 2 aliphatic rings. The molecule has 2 aliphatic heterocycles. The number of allylic oxidation sites excluding steroid dienone is 1. The van der Waals surface area contributed by atoms with Gasteiger partial charge in [0.05, 0.1) is 11.1 Å². The van der Waals surface area contributed by atoms with E-state index in [-0.39, 0.29) is 17.2 Å². The number of aryl methyl sites for hydroxylation is 1. The van der Waals surface area contributed by atoms with Crippen LogP contribution in [0.25, 0.3) is 6.08 Å². The van der Waals surface area contributed by atoms with Gasteiger partial charge in [0, 0.05) is 6.08 Å². The lowest BCUT2D eigenvalue weighted by Gasteiger charge is -2.21. The van der Waals surface area contributed by atoms with E-state index in [1.54, 1.807) is 17.7 Å². The second-order valence-corrected chi connectivity index (χ2v) is 4.72. The summed E-state index contributed by atoms with van der Waals surface area (Å²) in [6.07, 6.45) is 3.06. The van der Waals surface area contributed by atoms with E-state index in [9.17, 15) is 4.79 Å². The first kappa shape index (κ1) is 11.0. The maximum Gasteiger partial charge on any atom is 0.192 e. The molecule has 5 nitrogen and oxygen atoms in total. The van der Waals surface area contributed by atoms with Gasteiger partial charge in [-0.1, -0.05) is 11.8 Å². The zero-order valence-corrected chi connectivity index (χ0v) is 10.3. The molecule has 0 atom stereocenters. The number of amidine groups is 1. The van der Waals surface area contributed by atoms with E-state index in [0.29, 0.717) is 10.8 Å². The summed E-state index contributed by atoms with van der Waals surface area (Å²) in [5.41, 5.74) is 1.89. The summed E-state index contributed by atoms with van der Waals surface area (Å²) in [6, 6.07) is 3.58. The summed E-state index contributed by atoms with van der Waals surface area (Å²) in [5, 5.41) is 14.1. The van der Waals surface area contributed by atoms with Crippen molar-refractivity contribution in [3.05, 3.63) is 40.3 Å². The summed E-state index contributed by atoms with van der Waals surface area (Å²) >= 11 is 1.33. The summed E-state index contributed by atoms with van der Waals surface area (Å²) in [6.45, 7) is 1.83. The Balaban J connectivity index is 2.02. The third-order valence-corrected chi connectivity index (χ3v) is 3.31. The third kappa shape index (κ3) is 1.70. The van der Waals surface area contributed by atoms with Gasteiger partial charge in [-0.25, -0.2) is 5.01 Å². The SMILES string of the molecule is Cc1ccc(/C=C2\C(=N)N3N=CSC3=CC2=O)o1. The minimum Gasteiger partial charge on any atom is -0.462 e. The number of hydrogen-bond acceptors (Lipinski definition) is 5. The number of ketones is 1. The molecule has 0 amide bonds. The highest BCUT2D eigenvalue weighted by molar-refractivity contribution is 8.15. The molecule has 6 heteroatoms. The summed E-state index contributed by atoms with van der Waals surface area (Å²) < 4.78 is 5.39.